The van der Waals surface area contributed by atoms with Gasteiger partial charge in [-0.3, -0.25) is 0 Å². The highest BCUT2D eigenvalue weighted by Crippen LogP contribution is 2.47. The first-order chi connectivity index (χ1) is 8.24. The quantitative estimate of drug-likeness (QED) is 0.865. The van der Waals surface area contributed by atoms with Crippen LogP contribution in [0.2, 0.25) is 0 Å². The fourth-order valence-corrected chi connectivity index (χ4v) is 3.40. The predicted octanol–water partition coefficient (Wildman–Crippen LogP) is 2.11. The largest absolute Gasteiger partial charge is 0.383 e. The molecule has 3 N–H and O–H groups in total. The van der Waals surface area contributed by atoms with Crippen molar-refractivity contribution in [2.24, 2.45) is 0 Å². The van der Waals surface area contributed by atoms with E-state index >= 15 is 0 Å². The summed E-state index contributed by atoms with van der Waals surface area (Å²) in [4.78, 5) is 2.39. The van der Waals surface area contributed by atoms with Crippen LogP contribution in [-0.4, -0.2) is 35.5 Å². The van der Waals surface area contributed by atoms with Gasteiger partial charge in [-0.2, -0.15) is 4.37 Å². The number of rotatable bonds is 3. The van der Waals surface area contributed by atoms with Crippen molar-refractivity contribution in [3.63, 3.8) is 0 Å². The first-order valence-corrected chi connectivity index (χ1v) is 7.21. The zero-order valence-corrected chi connectivity index (χ0v) is 11.1. The minimum absolute atomic E-state index is 0.601. The third-order valence-corrected chi connectivity index (χ3v) is 4.60. The molecule has 1 saturated carbocycles. The third-order valence-electron chi connectivity index (χ3n) is 3.80. The number of hydrogen-bond acceptors (Lipinski definition) is 5. The van der Waals surface area contributed by atoms with Gasteiger partial charge in [-0.05, 0) is 63.3 Å². The Morgan fingerprint density at radius 3 is 2.65 bits per heavy atom. The molecule has 1 aromatic rings. The third kappa shape index (κ3) is 2.40. The second-order valence-electron chi connectivity index (χ2n) is 5.31. The van der Waals surface area contributed by atoms with Gasteiger partial charge in [0.2, 0.25) is 0 Å². The van der Waals surface area contributed by atoms with Crippen molar-refractivity contribution in [1.29, 1.82) is 0 Å². The van der Waals surface area contributed by atoms with Crippen molar-refractivity contribution in [1.82, 2.24) is 9.27 Å². The number of likely N-dealkylation sites (tertiary alicyclic amines) is 1. The highest BCUT2D eigenvalue weighted by molar-refractivity contribution is 7.10. The maximum Gasteiger partial charge on any atom is 0.142 e. The first kappa shape index (κ1) is 11.3. The molecular formula is C12H20N4S. The standard InChI is InChI=1S/C12H20N4S/c1-16-6-4-9(5-7-16)14-12-10(8-2-3-8)11(13)15-17-12/h8-9,14H,2-7H2,1H3,(H2,13,15). The summed E-state index contributed by atoms with van der Waals surface area (Å²) in [6.07, 6.45) is 5.01. The molecule has 2 fully saturated rings. The molecule has 2 heterocycles. The van der Waals surface area contributed by atoms with Crippen molar-refractivity contribution < 1.29 is 0 Å². The van der Waals surface area contributed by atoms with Crippen LogP contribution < -0.4 is 11.1 Å². The fourth-order valence-electron chi connectivity index (χ4n) is 2.52. The van der Waals surface area contributed by atoms with Gasteiger partial charge in [0.05, 0.1) is 0 Å². The van der Waals surface area contributed by atoms with Crippen LogP contribution in [0.5, 0.6) is 0 Å². The fraction of sp³-hybridized carbons (Fsp3) is 0.750. The maximum atomic E-state index is 5.96. The topological polar surface area (TPSA) is 54.2 Å². The Morgan fingerprint density at radius 1 is 1.29 bits per heavy atom. The van der Waals surface area contributed by atoms with E-state index in [1.807, 2.05) is 0 Å². The van der Waals surface area contributed by atoms with E-state index in [0.717, 1.165) is 5.82 Å². The lowest BCUT2D eigenvalue weighted by Gasteiger charge is -2.29. The van der Waals surface area contributed by atoms with Crippen LogP contribution in [0.4, 0.5) is 10.8 Å². The van der Waals surface area contributed by atoms with Gasteiger partial charge in [0.1, 0.15) is 10.8 Å². The van der Waals surface area contributed by atoms with Crippen LogP contribution in [0.1, 0.15) is 37.2 Å². The van der Waals surface area contributed by atoms with Gasteiger partial charge in [0.25, 0.3) is 0 Å². The van der Waals surface area contributed by atoms with E-state index < -0.39 is 0 Å². The van der Waals surface area contributed by atoms with Gasteiger partial charge in [0, 0.05) is 11.6 Å². The van der Waals surface area contributed by atoms with Crippen molar-refractivity contribution in [2.75, 3.05) is 31.2 Å². The molecule has 17 heavy (non-hydrogen) atoms. The molecule has 0 spiro atoms. The van der Waals surface area contributed by atoms with Crippen LogP contribution >= 0.6 is 11.5 Å². The first-order valence-electron chi connectivity index (χ1n) is 6.44. The van der Waals surface area contributed by atoms with Gasteiger partial charge in [-0.15, -0.1) is 0 Å². The summed E-state index contributed by atoms with van der Waals surface area (Å²) in [6.45, 7) is 2.37. The zero-order chi connectivity index (χ0) is 11.8. The average molecular weight is 252 g/mol. The van der Waals surface area contributed by atoms with E-state index in [-0.39, 0.29) is 0 Å². The summed E-state index contributed by atoms with van der Waals surface area (Å²) in [7, 11) is 2.19. The lowest BCUT2D eigenvalue weighted by atomic mass is 10.1. The zero-order valence-electron chi connectivity index (χ0n) is 10.3. The molecule has 1 aromatic heterocycles. The molecule has 94 valence electrons. The summed E-state index contributed by atoms with van der Waals surface area (Å²) < 4.78 is 4.30. The van der Waals surface area contributed by atoms with Gasteiger partial charge in [-0.1, -0.05) is 0 Å². The SMILES string of the molecule is CN1CCC(Nc2snc(N)c2C2CC2)CC1. The van der Waals surface area contributed by atoms with E-state index in [2.05, 4.69) is 21.6 Å². The maximum absolute atomic E-state index is 5.96. The highest BCUT2D eigenvalue weighted by Gasteiger charge is 2.31. The molecule has 0 bridgehead atoms. The molecule has 1 aliphatic heterocycles. The molecule has 1 aliphatic carbocycles. The average Bonchev–Trinajstić information content (AvgIpc) is 3.08. The summed E-state index contributed by atoms with van der Waals surface area (Å²) in [5.74, 6) is 1.44. The number of anilines is 2. The Bertz CT molecular complexity index is 391. The second kappa shape index (κ2) is 4.46. The lowest BCUT2D eigenvalue weighted by molar-refractivity contribution is 0.264. The molecule has 1 saturated heterocycles. The van der Waals surface area contributed by atoms with Gasteiger partial charge in [0.15, 0.2) is 0 Å². The smallest absolute Gasteiger partial charge is 0.142 e. The number of nitrogens with zero attached hydrogens (tertiary/aromatic N) is 2. The normalized spacial score (nSPS) is 22.9. The van der Waals surface area contributed by atoms with Gasteiger partial charge in [-0.25, -0.2) is 0 Å². The Labute approximate surface area is 106 Å². The molecule has 0 amide bonds. The minimum atomic E-state index is 0.601. The van der Waals surface area contributed by atoms with Crippen LogP contribution in [-0.2, 0) is 0 Å². The van der Waals surface area contributed by atoms with Crippen LogP contribution in [0.15, 0.2) is 0 Å². The molecule has 2 aliphatic rings. The van der Waals surface area contributed by atoms with E-state index in [1.54, 1.807) is 0 Å². The van der Waals surface area contributed by atoms with Gasteiger partial charge >= 0.3 is 0 Å². The number of nitrogen functional groups attached to an aromatic ring is 1. The molecule has 3 rings (SSSR count). The van der Waals surface area contributed by atoms with E-state index in [1.165, 1.54) is 60.9 Å². The highest BCUT2D eigenvalue weighted by atomic mass is 32.1. The van der Waals surface area contributed by atoms with Crippen molar-refractivity contribution >= 4 is 22.4 Å². The number of nitrogens with two attached hydrogens (primary N) is 1. The Kier molecular flexibility index (Phi) is 2.96. The number of piperidine rings is 1. The van der Waals surface area contributed by atoms with Crippen molar-refractivity contribution in [2.45, 2.75) is 37.6 Å². The number of nitrogens with one attached hydrogen (secondary N) is 1. The Balaban J connectivity index is 1.68. The summed E-state index contributed by atoms with van der Waals surface area (Å²) in [5.41, 5.74) is 7.26. The van der Waals surface area contributed by atoms with Crippen molar-refractivity contribution in [3.05, 3.63) is 5.56 Å². The van der Waals surface area contributed by atoms with E-state index in [0.29, 0.717) is 12.0 Å². The lowest BCUT2D eigenvalue weighted by Crippen LogP contribution is -2.36. The van der Waals surface area contributed by atoms with Crippen LogP contribution in [0, 0.1) is 0 Å². The number of hydrogen-bond donors (Lipinski definition) is 2. The second-order valence-corrected chi connectivity index (χ2v) is 6.08. The predicted molar refractivity (Wildman–Crippen MR) is 72.6 cm³/mol. The minimum Gasteiger partial charge on any atom is -0.383 e. The van der Waals surface area contributed by atoms with Crippen LogP contribution in [0.25, 0.3) is 0 Å². The Hall–Kier alpha value is -0.810. The summed E-state index contributed by atoms with van der Waals surface area (Å²) >= 11 is 1.54. The van der Waals surface area contributed by atoms with Gasteiger partial charge < -0.3 is 16.0 Å². The molecular weight excluding hydrogens is 232 g/mol. The summed E-state index contributed by atoms with van der Waals surface area (Å²) in [5, 5.41) is 4.90. The molecule has 4 nitrogen and oxygen atoms in total. The molecule has 0 unspecified atom stereocenters. The van der Waals surface area contributed by atoms with Crippen LogP contribution in [0.3, 0.4) is 0 Å². The number of aromatic nitrogens is 1. The molecule has 5 heteroatoms. The summed E-state index contributed by atoms with van der Waals surface area (Å²) in [6, 6.07) is 0.601. The molecule has 0 atom stereocenters. The van der Waals surface area contributed by atoms with E-state index in [4.69, 9.17) is 5.73 Å². The molecule has 0 radical (unpaired) electrons. The molecule has 0 aromatic carbocycles. The Morgan fingerprint density at radius 2 is 2.00 bits per heavy atom. The van der Waals surface area contributed by atoms with E-state index in [9.17, 15) is 0 Å². The van der Waals surface area contributed by atoms with Crippen molar-refractivity contribution in [3.8, 4) is 0 Å². The monoisotopic (exact) mass is 252 g/mol.